The van der Waals surface area contributed by atoms with Crippen molar-refractivity contribution in [3.8, 4) is 0 Å². The number of imidazole rings is 1. The van der Waals surface area contributed by atoms with Gasteiger partial charge in [-0.3, -0.25) is 4.79 Å². The van der Waals surface area contributed by atoms with Gasteiger partial charge in [0.1, 0.15) is 11.6 Å². The summed E-state index contributed by atoms with van der Waals surface area (Å²) >= 11 is 0. The Kier molecular flexibility index (Phi) is 7.25. The van der Waals surface area contributed by atoms with E-state index in [1.54, 1.807) is 47.5 Å². The lowest BCUT2D eigenvalue weighted by atomic mass is 9.87. The van der Waals surface area contributed by atoms with Crippen molar-refractivity contribution in [2.75, 3.05) is 4.90 Å². The van der Waals surface area contributed by atoms with Gasteiger partial charge in [-0.25, -0.2) is 22.5 Å². The molecule has 9 heteroatoms. The van der Waals surface area contributed by atoms with E-state index in [0.29, 0.717) is 24.1 Å². The number of amides is 1. The third kappa shape index (κ3) is 5.56. The molecule has 1 amide bonds. The molecule has 7 nitrogen and oxygen atoms in total. The molecule has 1 saturated carbocycles. The highest BCUT2D eigenvalue weighted by Gasteiger charge is 2.47. The van der Waals surface area contributed by atoms with Gasteiger partial charge in [0, 0.05) is 37.1 Å². The Balaban J connectivity index is 1.32. The van der Waals surface area contributed by atoms with Crippen LogP contribution in [-0.2, 0) is 34.8 Å². The molecule has 212 valence electrons. The Hall–Kier alpha value is -3.82. The first-order chi connectivity index (χ1) is 19.7. The van der Waals surface area contributed by atoms with Crippen molar-refractivity contribution < 1.29 is 17.6 Å². The molecule has 41 heavy (non-hydrogen) atoms. The van der Waals surface area contributed by atoms with Gasteiger partial charge in [0.25, 0.3) is 0 Å². The molecule has 0 radical (unpaired) electrons. The van der Waals surface area contributed by atoms with Crippen LogP contribution in [0.15, 0.2) is 84.0 Å². The van der Waals surface area contributed by atoms with E-state index in [1.165, 1.54) is 6.07 Å². The number of hydrogen-bond acceptors (Lipinski definition) is 4. The van der Waals surface area contributed by atoms with E-state index in [4.69, 9.17) is 0 Å². The maximum atomic E-state index is 14.5. The second kappa shape index (κ2) is 10.9. The highest BCUT2D eigenvalue weighted by molar-refractivity contribution is 7.89. The Morgan fingerprint density at radius 3 is 2.68 bits per heavy atom. The lowest BCUT2D eigenvalue weighted by Crippen LogP contribution is -2.34. The minimum Gasteiger partial charge on any atom is -0.337 e. The van der Waals surface area contributed by atoms with Crippen LogP contribution in [0.3, 0.4) is 0 Å². The highest BCUT2D eigenvalue weighted by Crippen LogP contribution is 2.50. The fourth-order valence-electron chi connectivity index (χ4n) is 5.89. The van der Waals surface area contributed by atoms with Gasteiger partial charge in [-0.1, -0.05) is 36.4 Å². The highest BCUT2D eigenvalue weighted by atomic mass is 32.2. The maximum Gasteiger partial charge on any atom is 0.241 e. The van der Waals surface area contributed by atoms with Crippen molar-refractivity contribution in [3.05, 3.63) is 113 Å². The van der Waals surface area contributed by atoms with E-state index in [1.807, 2.05) is 49.0 Å². The molecule has 2 aliphatic carbocycles. The van der Waals surface area contributed by atoms with Crippen molar-refractivity contribution in [2.24, 2.45) is 13.0 Å². The van der Waals surface area contributed by atoms with Crippen molar-refractivity contribution in [2.45, 2.75) is 56.0 Å². The average molecular weight is 573 g/mol. The molecule has 6 rings (SSSR count). The number of sulfonamides is 1. The van der Waals surface area contributed by atoms with Crippen LogP contribution in [0.4, 0.5) is 10.1 Å². The number of nitrogens with zero attached hydrogens (tertiary/aromatic N) is 3. The summed E-state index contributed by atoms with van der Waals surface area (Å²) in [6, 6.07) is 19.0. The van der Waals surface area contributed by atoms with Crippen molar-refractivity contribution in [1.82, 2.24) is 14.3 Å². The zero-order chi connectivity index (χ0) is 28.7. The molecular weight excluding hydrogens is 539 g/mol. The van der Waals surface area contributed by atoms with Crippen LogP contribution in [0.25, 0.3) is 0 Å². The fraction of sp³-hybridized carbons (Fsp3) is 0.312. The van der Waals surface area contributed by atoms with Crippen molar-refractivity contribution in [3.63, 3.8) is 0 Å². The first kappa shape index (κ1) is 27.4. The predicted octanol–water partition coefficient (Wildman–Crippen LogP) is 5.56. The molecule has 1 N–H and O–H groups in total. The number of nitrogens with one attached hydrogen (secondary N) is 1. The van der Waals surface area contributed by atoms with Crippen LogP contribution in [0.2, 0.25) is 0 Å². The van der Waals surface area contributed by atoms with Gasteiger partial charge in [-0.15, -0.1) is 0 Å². The molecule has 2 aliphatic rings. The van der Waals surface area contributed by atoms with Gasteiger partial charge in [0.2, 0.25) is 15.9 Å². The standard InChI is InChI=1S/C32H33FN4O3S/c1-21-7-5-9-24(17-21)41(39,40)35-30-12-6-8-22-13-14-23(18-26(22)30)37(20-31-34-15-16-36(31)2)32(38)28-19-27(28)25-10-3-4-11-29(25)33/h3-5,7,9-11,13-18,27-28,30,35H,6,8,12,19-20H2,1-2H3/t27-,28-,30-/m0/s1. The molecular formula is C32H33FN4O3S. The quantitative estimate of drug-likeness (QED) is 0.300. The number of rotatable bonds is 8. The predicted molar refractivity (Wildman–Crippen MR) is 155 cm³/mol. The van der Waals surface area contributed by atoms with Gasteiger partial charge in [0.15, 0.2) is 0 Å². The summed E-state index contributed by atoms with van der Waals surface area (Å²) in [7, 11) is -1.86. The summed E-state index contributed by atoms with van der Waals surface area (Å²) in [6.45, 7) is 2.12. The number of carbonyl (C=O) groups is 1. The first-order valence-electron chi connectivity index (χ1n) is 13.9. The number of anilines is 1. The molecule has 3 aromatic carbocycles. The van der Waals surface area contributed by atoms with E-state index in [2.05, 4.69) is 9.71 Å². The Labute approximate surface area is 240 Å². The van der Waals surface area contributed by atoms with Gasteiger partial charge in [-0.2, -0.15) is 0 Å². The van der Waals surface area contributed by atoms with Crippen LogP contribution in [0, 0.1) is 18.7 Å². The lowest BCUT2D eigenvalue weighted by molar-refractivity contribution is -0.120. The van der Waals surface area contributed by atoms with Crippen molar-refractivity contribution >= 4 is 21.6 Å². The Morgan fingerprint density at radius 1 is 1.10 bits per heavy atom. The summed E-state index contributed by atoms with van der Waals surface area (Å²) in [5, 5.41) is 0. The monoisotopic (exact) mass is 572 g/mol. The minimum absolute atomic E-state index is 0.0890. The Bertz CT molecular complexity index is 1720. The molecule has 4 aromatic rings. The van der Waals surface area contributed by atoms with Gasteiger partial charge in [-0.05, 0) is 91.1 Å². The van der Waals surface area contributed by atoms with Crippen molar-refractivity contribution in [1.29, 1.82) is 0 Å². The molecule has 3 atom stereocenters. The zero-order valence-corrected chi connectivity index (χ0v) is 23.9. The zero-order valence-electron chi connectivity index (χ0n) is 23.1. The fourth-order valence-corrected chi connectivity index (χ4v) is 7.24. The summed E-state index contributed by atoms with van der Waals surface area (Å²) in [6.07, 6.45) is 6.47. The normalized spacial score (nSPS) is 19.9. The van der Waals surface area contributed by atoms with Crippen LogP contribution in [0.1, 0.15) is 59.3 Å². The topological polar surface area (TPSA) is 84.3 Å². The van der Waals surface area contributed by atoms with Crippen LogP contribution in [0.5, 0.6) is 0 Å². The van der Waals surface area contributed by atoms with Gasteiger partial charge in [0.05, 0.1) is 11.4 Å². The van der Waals surface area contributed by atoms with E-state index in [9.17, 15) is 17.6 Å². The lowest BCUT2D eigenvalue weighted by Gasteiger charge is -2.29. The van der Waals surface area contributed by atoms with E-state index >= 15 is 0 Å². The summed E-state index contributed by atoms with van der Waals surface area (Å²) < 4.78 is 46.0. The summed E-state index contributed by atoms with van der Waals surface area (Å²) in [5.41, 5.74) is 4.06. The van der Waals surface area contributed by atoms with Gasteiger partial charge >= 0.3 is 0 Å². The van der Waals surface area contributed by atoms with Crippen LogP contribution < -0.4 is 9.62 Å². The number of benzene rings is 3. The molecule has 0 saturated heterocycles. The van der Waals surface area contributed by atoms with Crippen LogP contribution in [-0.4, -0.2) is 23.9 Å². The number of fused-ring (bicyclic) bond motifs is 1. The third-order valence-electron chi connectivity index (χ3n) is 8.25. The van der Waals surface area contributed by atoms with Crippen LogP contribution >= 0.6 is 0 Å². The second-order valence-corrected chi connectivity index (χ2v) is 12.8. The van der Waals surface area contributed by atoms with E-state index < -0.39 is 16.1 Å². The van der Waals surface area contributed by atoms with E-state index in [-0.39, 0.29) is 35.0 Å². The first-order valence-corrected chi connectivity index (χ1v) is 15.4. The number of halogens is 1. The SMILES string of the molecule is Cc1cccc(S(=O)(=O)N[C@H]2CCCc3ccc(N(Cc4nccn4C)C(=O)[C@H]4C[C@H]4c4ccccc4F)cc32)c1. The summed E-state index contributed by atoms with van der Waals surface area (Å²) in [4.78, 5) is 20.4. The molecule has 1 heterocycles. The minimum atomic E-state index is -3.75. The molecule has 1 fully saturated rings. The number of hydrogen-bond donors (Lipinski definition) is 1. The summed E-state index contributed by atoms with van der Waals surface area (Å²) in [5.74, 6) is -0.163. The number of carbonyl (C=O) groups excluding carboxylic acids is 1. The largest absolute Gasteiger partial charge is 0.337 e. The maximum absolute atomic E-state index is 14.5. The molecule has 0 unspecified atom stereocenters. The number of aromatic nitrogens is 2. The molecule has 1 aromatic heterocycles. The number of aryl methyl sites for hydroxylation is 3. The second-order valence-electron chi connectivity index (χ2n) is 11.1. The third-order valence-corrected chi connectivity index (χ3v) is 9.72. The Morgan fingerprint density at radius 2 is 1.93 bits per heavy atom. The molecule has 0 aliphatic heterocycles. The van der Waals surface area contributed by atoms with Gasteiger partial charge < -0.3 is 9.47 Å². The smallest absolute Gasteiger partial charge is 0.241 e. The average Bonchev–Trinajstić information content (AvgIpc) is 3.65. The molecule has 0 spiro atoms. The molecule has 0 bridgehead atoms. The van der Waals surface area contributed by atoms with E-state index in [0.717, 1.165) is 35.4 Å².